The number of H-pyrrole nitrogens is 1. The molecule has 1 amide bonds. The summed E-state index contributed by atoms with van der Waals surface area (Å²) in [6.45, 7) is 4.36. The second kappa shape index (κ2) is 8.29. The molecule has 0 atom stereocenters. The van der Waals surface area contributed by atoms with Crippen molar-refractivity contribution in [2.24, 2.45) is 0 Å². The van der Waals surface area contributed by atoms with Crippen molar-refractivity contribution in [3.05, 3.63) is 70.1 Å². The number of ether oxygens (including phenoxy) is 2. The number of aromatic amines is 1. The molecule has 2 aliphatic heterocycles. The number of likely N-dealkylation sites (tertiary alicyclic amines) is 1. The van der Waals surface area contributed by atoms with Gasteiger partial charge < -0.3 is 19.4 Å². The van der Waals surface area contributed by atoms with E-state index in [9.17, 15) is 9.59 Å². The van der Waals surface area contributed by atoms with Crippen molar-refractivity contribution in [2.75, 3.05) is 26.3 Å². The van der Waals surface area contributed by atoms with Crippen LogP contribution in [0.25, 0.3) is 21.8 Å². The summed E-state index contributed by atoms with van der Waals surface area (Å²) in [5, 5.41) is 5.95. The zero-order valence-corrected chi connectivity index (χ0v) is 19.0. The minimum Gasteiger partial charge on any atom is -0.487 e. The Kier molecular flexibility index (Phi) is 5.10. The van der Waals surface area contributed by atoms with Gasteiger partial charge in [0.25, 0.3) is 11.5 Å². The summed E-state index contributed by atoms with van der Waals surface area (Å²) in [5.41, 5.74) is 2.81. The minimum absolute atomic E-state index is 0.00914. The Balaban J connectivity index is 1.33. The summed E-state index contributed by atoms with van der Waals surface area (Å²) in [6.07, 6.45) is 3.31. The van der Waals surface area contributed by atoms with Crippen molar-refractivity contribution >= 4 is 27.7 Å². The van der Waals surface area contributed by atoms with Gasteiger partial charge in [-0.15, -0.1) is 0 Å². The third kappa shape index (κ3) is 3.54. The van der Waals surface area contributed by atoms with Crippen LogP contribution in [0.1, 0.15) is 34.8 Å². The molecule has 0 unspecified atom stereocenters. The average Bonchev–Trinajstić information content (AvgIpc) is 3.28. The maximum atomic E-state index is 13.4. The van der Waals surface area contributed by atoms with Gasteiger partial charge in [0.05, 0.1) is 41.7 Å². The van der Waals surface area contributed by atoms with Crippen molar-refractivity contribution in [3.63, 3.8) is 0 Å². The molecule has 2 aromatic heterocycles. The van der Waals surface area contributed by atoms with E-state index in [1.165, 1.54) is 0 Å². The molecule has 2 fully saturated rings. The maximum absolute atomic E-state index is 13.4. The summed E-state index contributed by atoms with van der Waals surface area (Å²) in [7, 11) is 0. The molecule has 6 rings (SSSR count). The van der Waals surface area contributed by atoms with Gasteiger partial charge in [-0.1, -0.05) is 18.2 Å². The Hall–Kier alpha value is -3.65. The number of nitrogens with one attached hydrogen (secondary N) is 1. The number of aryl methyl sites for hydroxylation is 1. The number of carbonyl (C=O) groups is 1. The number of para-hydroxylation sites is 1. The van der Waals surface area contributed by atoms with Crippen LogP contribution in [-0.4, -0.2) is 58.0 Å². The molecule has 0 spiro atoms. The van der Waals surface area contributed by atoms with Crippen LogP contribution in [0.3, 0.4) is 0 Å². The second-order valence-corrected chi connectivity index (χ2v) is 9.12. The quantitative estimate of drug-likeness (QED) is 0.506. The van der Waals surface area contributed by atoms with Crippen molar-refractivity contribution < 1.29 is 14.3 Å². The van der Waals surface area contributed by atoms with Crippen LogP contribution in [0.4, 0.5) is 0 Å². The molecule has 8 heteroatoms. The van der Waals surface area contributed by atoms with Crippen LogP contribution in [0.15, 0.2) is 53.5 Å². The molecule has 0 bridgehead atoms. The zero-order chi connectivity index (χ0) is 23.2. The Morgan fingerprint density at radius 1 is 1.12 bits per heavy atom. The number of hydrogen-bond acceptors (Lipinski definition) is 5. The van der Waals surface area contributed by atoms with Gasteiger partial charge in [0, 0.05) is 24.2 Å². The Bertz CT molecular complexity index is 1430. The highest BCUT2D eigenvalue weighted by Crippen LogP contribution is 2.30. The van der Waals surface area contributed by atoms with Gasteiger partial charge in [0.1, 0.15) is 11.9 Å². The lowest BCUT2D eigenvalue weighted by molar-refractivity contribution is 0.0177. The number of nitrogens with zero attached hydrogens (tertiary/aromatic N) is 3. The zero-order valence-electron chi connectivity index (χ0n) is 19.0. The lowest BCUT2D eigenvalue weighted by Crippen LogP contribution is -2.56. The standard InChI is InChI=1S/C26H26N4O4/c1-16-11-23-21(24-22(25(31)28-23)13-27-30(24)17-7-9-33-10-8-17)12-20(16)26(32)29-14-19(15-29)34-18-5-3-2-4-6-18/h2-6,11-13,17,19H,7-10,14-15H2,1H3,(H,28,31). The Morgan fingerprint density at radius 3 is 2.65 bits per heavy atom. The van der Waals surface area contributed by atoms with Crippen molar-refractivity contribution in [1.82, 2.24) is 19.7 Å². The van der Waals surface area contributed by atoms with Crippen molar-refractivity contribution in [2.45, 2.75) is 31.9 Å². The molecule has 1 N–H and O–H groups in total. The summed E-state index contributed by atoms with van der Waals surface area (Å²) >= 11 is 0. The van der Waals surface area contributed by atoms with Crippen LogP contribution < -0.4 is 10.3 Å². The largest absolute Gasteiger partial charge is 0.487 e. The van der Waals surface area contributed by atoms with Crippen molar-refractivity contribution in [1.29, 1.82) is 0 Å². The molecule has 2 aromatic carbocycles. The molecule has 2 saturated heterocycles. The third-order valence-electron chi connectivity index (χ3n) is 6.86. The van der Waals surface area contributed by atoms with E-state index in [2.05, 4.69) is 10.1 Å². The topological polar surface area (TPSA) is 89.4 Å². The molecular formula is C26H26N4O4. The highest BCUT2D eigenvalue weighted by Gasteiger charge is 2.33. The lowest BCUT2D eigenvalue weighted by Gasteiger charge is -2.39. The van der Waals surface area contributed by atoms with Crippen LogP contribution in [0, 0.1) is 6.92 Å². The molecule has 8 nitrogen and oxygen atoms in total. The van der Waals surface area contributed by atoms with Gasteiger partial charge in [-0.3, -0.25) is 14.3 Å². The molecular weight excluding hydrogens is 432 g/mol. The SMILES string of the molecule is Cc1cc2[nH]c(=O)c3cnn(C4CCOCC4)c3c2cc1C(=O)N1CC(Oc2ccccc2)C1. The highest BCUT2D eigenvalue weighted by molar-refractivity contribution is 6.07. The van der Waals surface area contributed by atoms with E-state index in [0.29, 0.717) is 42.8 Å². The molecule has 0 aliphatic carbocycles. The fraction of sp³-hybridized carbons (Fsp3) is 0.346. The lowest BCUT2D eigenvalue weighted by atomic mass is 10.00. The maximum Gasteiger partial charge on any atom is 0.259 e. The molecule has 34 heavy (non-hydrogen) atoms. The number of fused-ring (bicyclic) bond motifs is 3. The molecule has 4 heterocycles. The molecule has 0 saturated carbocycles. The number of benzene rings is 2. The second-order valence-electron chi connectivity index (χ2n) is 9.12. The first-order valence-electron chi connectivity index (χ1n) is 11.7. The number of amides is 1. The van der Waals surface area contributed by atoms with E-state index in [-0.39, 0.29) is 23.6 Å². The van der Waals surface area contributed by atoms with E-state index in [0.717, 1.165) is 35.1 Å². The summed E-state index contributed by atoms with van der Waals surface area (Å²) in [4.78, 5) is 30.9. The van der Waals surface area contributed by atoms with E-state index in [4.69, 9.17) is 9.47 Å². The Morgan fingerprint density at radius 2 is 1.88 bits per heavy atom. The van der Waals surface area contributed by atoms with Crippen molar-refractivity contribution in [3.8, 4) is 5.75 Å². The Labute approximate surface area is 196 Å². The number of rotatable bonds is 4. The van der Waals surface area contributed by atoms with Crippen LogP contribution >= 0.6 is 0 Å². The number of pyridine rings is 1. The van der Waals surface area contributed by atoms with E-state index < -0.39 is 0 Å². The molecule has 174 valence electrons. The summed E-state index contributed by atoms with van der Waals surface area (Å²) in [5.74, 6) is 0.790. The summed E-state index contributed by atoms with van der Waals surface area (Å²) in [6, 6.07) is 13.6. The first-order valence-corrected chi connectivity index (χ1v) is 11.7. The minimum atomic E-state index is -0.164. The van der Waals surface area contributed by atoms with Gasteiger partial charge in [-0.2, -0.15) is 5.10 Å². The first-order chi connectivity index (χ1) is 16.6. The van der Waals surface area contributed by atoms with Gasteiger partial charge in [-0.25, -0.2) is 0 Å². The first kappa shape index (κ1) is 20.9. The summed E-state index contributed by atoms with van der Waals surface area (Å²) < 4.78 is 13.4. The average molecular weight is 459 g/mol. The van der Waals surface area contributed by atoms with Crippen LogP contribution in [0.5, 0.6) is 5.75 Å². The van der Waals surface area contributed by atoms with E-state index in [1.54, 1.807) is 11.1 Å². The highest BCUT2D eigenvalue weighted by atomic mass is 16.5. The van der Waals surface area contributed by atoms with Gasteiger partial charge in [0.2, 0.25) is 0 Å². The number of aromatic nitrogens is 3. The third-order valence-corrected chi connectivity index (χ3v) is 6.86. The fourth-order valence-electron chi connectivity index (χ4n) is 4.97. The predicted octanol–water partition coefficient (Wildman–Crippen LogP) is 3.44. The normalized spacial score (nSPS) is 17.3. The predicted molar refractivity (Wildman–Crippen MR) is 128 cm³/mol. The molecule has 4 aromatic rings. The smallest absolute Gasteiger partial charge is 0.259 e. The number of carbonyl (C=O) groups excluding carboxylic acids is 1. The van der Waals surface area contributed by atoms with Gasteiger partial charge in [0.15, 0.2) is 0 Å². The number of hydrogen-bond donors (Lipinski definition) is 1. The monoisotopic (exact) mass is 458 g/mol. The van der Waals surface area contributed by atoms with E-state index in [1.807, 2.05) is 54.1 Å². The van der Waals surface area contributed by atoms with Gasteiger partial charge in [-0.05, 0) is 49.6 Å². The van der Waals surface area contributed by atoms with Crippen LogP contribution in [-0.2, 0) is 4.74 Å². The molecule has 0 radical (unpaired) electrons. The molecule has 2 aliphatic rings. The van der Waals surface area contributed by atoms with Gasteiger partial charge >= 0.3 is 0 Å². The van der Waals surface area contributed by atoms with Crippen LogP contribution in [0.2, 0.25) is 0 Å². The fourth-order valence-corrected chi connectivity index (χ4v) is 4.97. The van der Waals surface area contributed by atoms with E-state index >= 15 is 0 Å².